The lowest BCUT2D eigenvalue weighted by Gasteiger charge is -2.26. The molecule has 128 valence electrons. The number of hydrogen-bond acceptors (Lipinski definition) is 5. The molecule has 3 N–H and O–H groups in total. The van der Waals surface area contributed by atoms with Gasteiger partial charge in [-0.15, -0.1) is 0 Å². The molecule has 5 heteroatoms. The molecule has 0 bridgehead atoms. The molecule has 0 spiro atoms. The van der Waals surface area contributed by atoms with Crippen LogP contribution in [0.15, 0.2) is 65.2 Å². The van der Waals surface area contributed by atoms with Crippen LogP contribution < -0.4 is 16.0 Å². The van der Waals surface area contributed by atoms with Crippen LogP contribution in [0.1, 0.15) is 24.1 Å². The van der Waals surface area contributed by atoms with E-state index in [1.54, 1.807) is 6.92 Å². The van der Waals surface area contributed by atoms with Crippen molar-refractivity contribution in [2.75, 3.05) is 19.0 Å². The standard InChI is InChI=1S/C20H22N4O/c1-13(25)17-18(14-7-5-4-6-8-14)22-20(21)23-19(17)15-9-11-16(12-10-15)24(2)3/h4-12,19H,1-3H3,(H3,21,22,23). The summed E-state index contributed by atoms with van der Waals surface area (Å²) in [5.41, 5.74) is 10.3. The molecule has 25 heavy (non-hydrogen) atoms. The van der Waals surface area contributed by atoms with Crippen LogP contribution in [0.2, 0.25) is 0 Å². The molecule has 2 aromatic carbocycles. The number of rotatable bonds is 4. The maximum atomic E-state index is 12.4. The third kappa shape index (κ3) is 3.40. The Morgan fingerprint density at radius 3 is 2.28 bits per heavy atom. The number of nitrogens with zero attached hydrogens (tertiary/aromatic N) is 2. The Labute approximate surface area is 147 Å². The lowest BCUT2D eigenvalue weighted by atomic mass is 9.91. The summed E-state index contributed by atoms with van der Waals surface area (Å²) in [6.07, 6.45) is 0. The van der Waals surface area contributed by atoms with Gasteiger partial charge in [0.25, 0.3) is 0 Å². The van der Waals surface area contributed by atoms with Crippen molar-refractivity contribution in [2.45, 2.75) is 13.0 Å². The molecule has 0 radical (unpaired) electrons. The van der Waals surface area contributed by atoms with E-state index in [4.69, 9.17) is 5.73 Å². The van der Waals surface area contributed by atoms with Gasteiger partial charge in [-0.2, -0.15) is 0 Å². The van der Waals surface area contributed by atoms with Gasteiger partial charge in [0.15, 0.2) is 11.7 Å². The Hall–Kier alpha value is -3.08. The first kappa shape index (κ1) is 16.8. The van der Waals surface area contributed by atoms with Crippen LogP contribution in [0.3, 0.4) is 0 Å². The molecule has 0 fully saturated rings. The molecular formula is C20H22N4O. The Bertz CT molecular complexity index is 836. The first-order chi connectivity index (χ1) is 12.0. The van der Waals surface area contributed by atoms with E-state index in [0.29, 0.717) is 11.5 Å². The lowest BCUT2D eigenvalue weighted by molar-refractivity contribution is -0.113. The Morgan fingerprint density at radius 1 is 1.08 bits per heavy atom. The summed E-state index contributed by atoms with van der Waals surface area (Å²) in [4.78, 5) is 19.0. The smallest absolute Gasteiger partial charge is 0.194 e. The van der Waals surface area contributed by atoms with Crippen LogP contribution in [0.5, 0.6) is 0 Å². The third-order valence-electron chi connectivity index (χ3n) is 4.23. The number of aliphatic imine (C=N–C) groups is 1. The topological polar surface area (TPSA) is 70.7 Å². The molecular weight excluding hydrogens is 312 g/mol. The van der Waals surface area contributed by atoms with Crippen LogP contribution in [0, 0.1) is 0 Å². The van der Waals surface area contributed by atoms with Crippen LogP contribution in [0.25, 0.3) is 5.70 Å². The average molecular weight is 334 g/mol. The summed E-state index contributed by atoms with van der Waals surface area (Å²) >= 11 is 0. The van der Waals surface area contributed by atoms with Crippen molar-refractivity contribution in [2.24, 2.45) is 10.7 Å². The second-order valence-electron chi connectivity index (χ2n) is 6.24. The molecule has 0 saturated carbocycles. The van der Waals surface area contributed by atoms with Crippen molar-refractivity contribution >= 4 is 23.1 Å². The maximum absolute atomic E-state index is 12.4. The van der Waals surface area contributed by atoms with Gasteiger partial charge in [0.2, 0.25) is 0 Å². The number of carbonyl (C=O) groups is 1. The zero-order valence-corrected chi connectivity index (χ0v) is 14.7. The first-order valence-corrected chi connectivity index (χ1v) is 8.15. The van der Waals surface area contributed by atoms with Crippen LogP contribution >= 0.6 is 0 Å². The molecule has 2 aromatic rings. The van der Waals surface area contributed by atoms with E-state index in [1.807, 2.05) is 73.6 Å². The Balaban J connectivity index is 2.11. The van der Waals surface area contributed by atoms with E-state index in [0.717, 1.165) is 22.5 Å². The normalized spacial score (nSPS) is 16.9. The third-order valence-corrected chi connectivity index (χ3v) is 4.23. The minimum absolute atomic E-state index is 0.0238. The predicted octanol–water partition coefficient (Wildman–Crippen LogP) is 2.71. The molecule has 0 aliphatic carbocycles. The van der Waals surface area contributed by atoms with Gasteiger partial charge >= 0.3 is 0 Å². The molecule has 0 saturated heterocycles. The first-order valence-electron chi connectivity index (χ1n) is 8.15. The Morgan fingerprint density at radius 2 is 1.72 bits per heavy atom. The molecule has 1 unspecified atom stereocenters. The summed E-state index contributed by atoms with van der Waals surface area (Å²) in [5.74, 6) is 0.287. The van der Waals surface area contributed by atoms with Gasteiger partial charge < -0.3 is 16.0 Å². The van der Waals surface area contributed by atoms with E-state index >= 15 is 0 Å². The molecule has 1 atom stereocenters. The predicted molar refractivity (Wildman–Crippen MR) is 102 cm³/mol. The van der Waals surface area contributed by atoms with Gasteiger partial charge in [0, 0.05) is 25.4 Å². The number of guanidine groups is 1. The molecule has 1 aliphatic rings. The largest absolute Gasteiger partial charge is 0.378 e. The monoisotopic (exact) mass is 334 g/mol. The van der Waals surface area contributed by atoms with Crippen molar-refractivity contribution in [3.63, 3.8) is 0 Å². The van der Waals surface area contributed by atoms with Crippen LogP contribution in [-0.4, -0.2) is 25.8 Å². The van der Waals surface area contributed by atoms with Gasteiger partial charge in [-0.05, 0) is 30.2 Å². The average Bonchev–Trinajstić information content (AvgIpc) is 2.61. The van der Waals surface area contributed by atoms with E-state index in [1.165, 1.54) is 0 Å². The number of ketones is 1. The quantitative estimate of drug-likeness (QED) is 0.902. The number of hydrogen-bond donors (Lipinski definition) is 2. The van der Waals surface area contributed by atoms with Crippen LogP contribution in [0.4, 0.5) is 5.69 Å². The number of nitrogens with one attached hydrogen (secondary N) is 1. The zero-order valence-electron chi connectivity index (χ0n) is 14.7. The number of benzene rings is 2. The second kappa shape index (κ2) is 6.81. The number of Topliss-reactive ketones (excluding diaryl/α,β-unsaturated/α-hetero) is 1. The fourth-order valence-electron chi connectivity index (χ4n) is 2.97. The van der Waals surface area contributed by atoms with Crippen molar-refractivity contribution in [3.8, 4) is 0 Å². The highest BCUT2D eigenvalue weighted by Crippen LogP contribution is 2.34. The van der Waals surface area contributed by atoms with E-state index in [9.17, 15) is 4.79 Å². The summed E-state index contributed by atoms with van der Waals surface area (Å²) in [6.45, 7) is 1.57. The number of nitrogens with two attached hydrogens (primary N) is 1. The highest BCUT2D eigenvalue weighted by atomic mass is 16.1. The number of anilines is 1. The van der Waals surface area contributed by atoms with Gasteiger partial charge in [0.1, 0.15) is 6.04 Å². The molecule has 1 aliphatic heterocycles. The summed E-state index contributed by atoms with van der Waals surface area (Å²) < 4.78 is 0. The van der Waals surface area contributed by atoms with E-state index in [-0.39, 0.29) is 5.78 Å². The lowest BCUT2D eigenvalue weighted by Crippen LogP contribution is -2.36. The molecule has 3 rings (SSSR count). The van der Waals surface area contributed by atoms with Gasteiger partial charge in [-0.1, -0.05) is 42.5 Å². The van der Waals surface area contributed by atoms with E-state index in [2.05, 4.69) is 10.3 Å². The minimum Gasteiger partial charge on any atom is -0.378 e. The van der Waals surface area contributed by atoms with Gasteiger partial charge in [-0.3, -0.25) is 4.79 Å². The molecule has 1 heterocycles. The summed E-state index contributed by atoms with van der Waals surface area (Å²) in [6, 6.07) is 17.3. The minimum atomic E-state index is -0.412. The molecule has 0 amide bonds. The zero-order chi connectivity index (χ0) is 18.0. The van der Waals surface area contributed by atoms with Crippen molar-refractivity contribution < 1.29 is 4.79 Å². The molecule has 0 aromatic heterocycles. The van der Waals surface area contributed by atoms with Gasteiger partial charge in [0.05, 0.1) is 5.70 Å². The van der Waals surface area contributed by atoms with E-state index < -0.39 is 6.04 Å². The Kier molecular flexibility index (Phi) is 4.57. The number of carbonyl (C=O) groups excluding carboxylic acids is 1. The maximum Gasteiger partial charge on any atom is 0.194 e. The van der Waals surface area contributed by atoms with Crippen molar-refractivity contribution in [3.05, 3.63) is 71.3 Å². The van der Waals surface area contributed by atoms with Crippen LogP contribution in [-0.2, 0) is 4.79 Å². The highest BCUT2D eigenvalue weighted by Gasteiger charge is 2.28. The molecule has 5 nitrogen and oxygen atoms in total. The SMILES string of the molecule is CC(=O)C1=C(c2ccccc2)NC(N)=NC1c1ccc(N(C)C)cc1. The fourth-order valence-corrected chi connectivity index (χ4v) is 2.97. The summed E-state index contributed by atoms with van der Waals surface area (Å²) in [7, 11) is 3.98. The highest BCUT2D eigenvalue weighted by molar-refractivity contribution is 6.06. The van der Waals surface area contributed by atoms with Crippen molar-refractivity contribution in [1.82, 2.24) is 5.32 Å². The summed E-state index contributed by atoms with van der Waals surface area (Å²) in [5, 5.41) is 3.07. The second-order valence-corrected chi connectivity index (χ2v) is 6.24. The fraction of sp³-hybridized carbons (Fsp3) is 0.200. The van der Waals surface area contributed by atoms with Crippen molar-refractivity contribution in [1.29, 1.82) is 0 Å². The van der Waals surface area contributed by atoms with Gasteiger partial charge in [-0.25, -0.2) is 4.99 Å².